The minimum atomic E-state index is -1.02. The van der Waals surface area contributed by atoms with E-state index in [9.17, 15) is 14.7 Å². The number of rotatable bonds is 4. The van der Waals surface area contributed by atoms with Gasteiger partial charge < -0.3 is 10.2 Å². The fraction of sp³-hybridized carbons (Fsp3) is 0. The van der Waals surface area contributed by atoms with Gasteiger partial charge in [0.2, 0.25) is 5.88 Å². The minimum absolute atomic E-state index is 0.152. The van der Waals surface area contributed by atoms with E-state index in [0.717, 1.165) is 0 Å². The van der Waals surface area contributed by atoms with Crippen molar-refractivity contribution in [2.45, 2.75) is 0 Å². The third kappa shape index (κ3) is 2.95. The summed E-state index contributed by atoms with van der Waals surface area (Å²) >= 11 is 0. The zero-order valence-electron chi connectivity index (χ0n) is 12.4. The quantitative estimate of drug-likeness (QED) is 0.640. The number of para-hydroxylation sites is 1. The van der Waals surface area contributed by atoms with Gasteiger partial charge in [-0.05, 0) is 36.4 Å². The molecule has 0 bridgehead atoms. The van der Waals surface area contributed by atoms with E-state index in [2.05, 4.69) is 9.98 Å². The van der Waals surface area contributed by atoms with Crippen LogP contribution in [0.4, 0.5) is 5.69 Å². The maximum absolute atomic E-state index is 12.0. The number of hydrogen-bond acceptors (Lipinski definition) is 4. The predicted octanol–water partition coefficient (Wildman–Crippen LogP) is 2.32. The van der Waals surface area contributed by atoms with E-state index in [4.69, 9.17) is 5.11 Å². The summed E-state index contributed by atoms with van der Waals surface area (Å²) in [4.78, 5) is 29.3. The molecule has 0 fully saturated rings. The Hall–Kier alpha value is -3.61. The normalized spacial score (nSPS) is 11.0. The largest absolute Gasteiger partial charge is 0.493 e. The number of nitrogens with one attached hydrogen (secondary N) is 1. The van der Waals surface area contributed by atoms with E-state index < -0.39 is 11.7 Å². The predicted molar refractivity (Wildman–Crippen MR) is 88.7 cm³/mol. The van der Waals surface area contributed by atoms with Gasteiger partial charge in [-0.3, -0.25) is 14.5 Å². The van der Waals surface area contributed by atoms with Crippen LogP contribution in [0.25, 0.3) is 5.69 Å². The molecule has 0 unspecified atom stereocenters. The van der Waals surface area contributed by atoms with Crippen molar-refractivity contribution in [3.63, 3.8) is 0 Å². The Bertz CT molecular complexity index is 954. The van der Waals surface area contributed by atoms with Crippen LogP contribution in [-0.4, -0.2) is 31.9 Å². The molecule has 24 heavy (non-hydrogen) atoms. The van der Waals surface area contributed by atoms with Crippen molar-refractivity contribution in [1.82, 2.24) is 9.55 Å². The molecule has 0 aliphatic rings. The molecule has 0 spiro atoms. The number of aromatic nitrogens is 2. The zero-order chi connectivity index (χ0) is 17.1. The van der Waals surface area contributed by atoms with E-state index in [1.165, 1.54) is 35.0 Å². The first kappa shape index (κ1) is 15.3. The third-order valence-electron chi connectivity index (χ3n) is 3.38. The van der Waals surface area contributed by atoms with Crippen LogP contribution in [0.3, 0.4) is 0 Å². The molecule has 3 N–H and O–H groups in total. The second kappa shape index (κ2) is 6.25. The molecular formula is C17H13N3O4. The van der Waals surface area contributed by atoms with Crippen LogP contribution in [-0.2, 0) is 0 Å². The number of carboxylic acid groups (broad SMARTS) is 1. The second-order valence-electron chi connectivity index (χ2n) is 4.95. The van der Waals surface area contributed by atoms with Gasteiger partial charge in [0.1, 0.15) is 5.69 Å². The van der Waals surface area contributed by atoms with Gasteiger partial charge >= 0.3 is 11.7 Å². The Balaban J connectivity index is 1.98. The molecule has 0 aliphatic heterocycles. The molecule has 0 saturated heterocycles. The molecule has 3 aromatic rings. The van der Waals surface area contributed by atoms with Gasteiger partial charge in [0, 0.05) is 0 Å². The molecular weight excluding hydrogens is 310 g/mol. The molecule has 7 heteroatoms. The molecule has 2 aromatic carbocycles. The van der Waals surface area contributed by atoms with E-state index >= 15 is 0 Å². The summed E-state index contributed by atoms with van der Waals surface area (Å²) in [6, 6.07) is 14.8. The van der Waals surface area contributed by atoms with E-state index in [1.807, 2.05) is 6.07 Å². The second-order valence-corrected chi connectivity index (χ2v) is 4.95. The third-order valence-corrected chi connectivity index (χ3v) is 3.38. The highest BCUT2D eigenvalue weighted by atomic mass is 16.4. The standard InChI is InChI=1S/C17H13N3O4/c21-15-14(10-18-12-8-6-11(7-9-12)16(22)23)20(17(24)19-15)13-4-2-1-3-5-13/h1-10,21H,(H,19,24)(H,22,23). The Morgan fingerprint density at radius 1 is 1.08 bits per heavy atom. The monoisotopic (exact) mass is 323 g/mol. The van der Waals surface area contributed by atoms with Crippen LogP contribution in [0.1, 0.15) is 16.1 Å². The van der Waals surface area contributed by atoms with Gasteiger partial charge in [0.25, 0.3) is 0 Å². The van der Waals surface area contributed by atoms with Crippen LogP contribution >= 0.6 is 0 Å². The molecule has 7 nitrogen and oxygen atoms in total. The molecule has 0 atom stereocenters. The first-order valence-corrected chi connectivity index (χ1v) is 7.03. The zero-order valence-corrected chi connectivity index (χ0v) is 12.4. The molecule has 3 rings (SSSR count). The number of aromatic hydroxyl groups is 1. The van der Waals surface area contributed by atoms with Crippen molar-refractivity contribution >= 4 is 17.9 Å². The number of aromatic amines is 1. The first-order valence-electron chi connectivity index (χ1n) is 7.03. The minimum Gasteiger partial charge on any atom is -0.493 e. The first-order chi connectivity index (χ1) is 11.6. The lowest BCUT2D eigenvalue weighted by molar-refractivity contribution is 0.0697. The SMILES string of the molecule is O=C(O)c1ccc(N=Cc2c(O)[nH]c(=O)n2-c2ccccc2)cc1. The number of aliphatic imine (C=N–C) groups is 1. The fourth-order valence-electron chi connectivity index (χ4n) is 2.21. The van der Waals surface area contributed by atoms with Crippen molar-refractivity contribution in [2.75, 3.05) is 0 Å². The van der Waals surface area contributed by atoms with E-state index in [0.29, 0.717) is 11.4 Å². The molecule has 0 saturated carbocycles. The highest BCUT2D eigenvalue weighted by molar-refractivity contribution is 5.88. The lowest BCUT2D eigenvalue weighted by Gasteiger charge is -2.03. The number of benzene rings is 2. The molecule has 0 amide bonds. The van der Waals surface area contributed by atoms with E-state index in [1.54, 1.807) is 24.3 Å². The van der Waals surface area contributed by atoms with Crippen molar-refractivity contribution in [2.24, 2.45) is 4.99 Å². The van der Waals surface area contributed by atoms with Crippen molar-refractivity contribution in [1.29, 1.82) is 0 Å². The summed E-state index contributed by atoms with van der Waals surface area (Å²) in [6.45, 7) is 0. The summed E-state index contributed by atoms with van der Waals surface area (Å²) in [5.41, 5.74) is 0.948. The van der Waals surface area contributed by atoms with Crippen molar-refractivity contribution in [3.05, 3.63) is 76.3 Å². The number of imidazole rings is 1. The number of nitrogens with zero attached hydrogens (tertiary/aromatic N) is 2. The molecule has 120 valence electrons. The van der Waals surface area contributed by atoms with Crippen LogP contribution in [0, 0.1) is 0 Å². The van der Waals surface area contributed by atoms with Crippen LogP contribution < -0.4 is 5.69 Å². The van der Waals surface area contributed by atoms with Gasteiger partial charge in [-0.1, -0.05) is 18.2 Å². The van der Waals surface area contributed by atoms with Crippen LogP contribution in [0.15, 0.2) is 64.4 Å². The number of aromatic carboxylic acids is 1. The Morgan fingerprint density at radius 2 is 1.75 bits per heavy atom. The van der Waals surface area contributed by atoms with Gasteiger partial charge in [-0.25, -0.2) is 9.59 Å². The van der Waals surface area contributed by atoms with Gasteiger partial charge in [-0.15, -0.1) is 0 Å². The fourth-order valence-corrected chi connectivity index (χ4v) is 2.21. The van der Waals surface area contributed by atoms with Gasteiger partial charge in [0.15, 0.2) is 0 Å². The highest BCUT2D eigenvalue weighted by Gasteiger charge is 2.13. The number of H-pyrrole nitrogens is 1. The summed E-state index contributed by atoms with van der Waals surface area (Å²) in [6.07, 6.45) is 1.34. The summed E-state index contributed by atoms with van der Waals surface area (Å²) in [5, 5.41) is 18.8. The average Bonchev–Trinajstić information content (AvgIpc) is 2.87. The lowest BCUT2D eigenvalue weighted by Crippen LogP contribution is -2.16. The van der Waals surface area contributed by atoms with Crippen molar-refractivity contribution in [3.8, 4) is 11.6 Å². The topological polar surface area (TPSA) is 108 Å². The van der Waals surface area contributed by atoms with Gasteiger partial charge in [-0.2, -0.15) is 0 Å². The van der Waals surface area contributed by atoms with Crippen LogP contribution in [0.5, 0.6) is 5.88 Å². The summed E-state index contributed by atoms with van der Waals surface area (Å²) < 4.78 is 1.30. The summed E-state index contributed by atoms with van der Waals surface area (Å²) in [5.74, 6) is -1.32. The van der Waals surface area contributed by atoms with Crippen molar-refractivity contribution < 1.29 is 15.0 Å². The Morgan fingerprint density at radius 3 is 2.38 bits per heavy atom. The van der Waals surface area contributed by atoms with Gasteiger partial charge in [0.05, 0.1) is 23.2 Å². The van der Waals surface area contributed by atoms with E-state index in [-0.39, 0.29) is 17.1 Å². The summed E-state index contributed by atoms with van der Waals surface area (Å²) in [7, 11) is 0. The maximum Gasteiger partial charge on any atom is 0.335 e. The molecule has 1 aromatic heterocycles. The molecule has 0 aliphatic carbocycles. The lowest BCUT2D eigenvalue weighted by atomic mass is 10.2. The molecule has 1 heterocycles. The van der Waals surface area contributed by atoms with Crippen LogP contribution in [0.2, 0.25) is 0 Å². The average molecular weight is 323 g/mol. The molecule has 0 radical (unpaired) electrons. The number of carboxylic acids is 1. The Labute approximate surface area is 136 Å². The number of carbonyl (C=O) groups is 1. The Kier molecular flexibility index (Phi) is 3.98. The maximum atomic E-state index is 12.0. The smallest absolute Gasteiger partial charge is 0.335 e. The number of hydrogen-bond donors (Lipinski definition) is 3. The highest BCUT2D eigenvalue weighted by Crippen LogP contribution is 2.17.